The minimum absolute atomic E-state index is 0.606. The van der Waals surface area contributed by atoms with Crippen molar-refractivity contribution >= 4 is 22.9 Å². The molecule has 9 nitrogen and oxygen atoms in total. The van der Waals surface area contributed by atoms with Gasteiger partial charge in [0.2, 0.25) is 5.95 Å². The molecule has 5 heterocycles. The SMILES string of the molecule is CCn1cnc2c(NCc3ccc(-n4nc(C)cc4C)nc3)nc(N3CCCCC3)nc21. The van der Waals surface area contributed by atoms with Crippen LogP contribution in [0.1, 0.15) is 43.1 Å². The van der Waals surface area contributed by atoms with E-state index in [1.807, 2.05) is 43.2 Å². The number of hydrogen-bond acceptors (Lipinski definition) is 7. The van der Waals surface area contributed by atoms with Crippen molar-refractivity contribution in [1.82, 2.24) is 34.3 Å². The fourth-order valence-corrected chi connectivity index (χ4v) is 4.22. The fourth-order valence-electron chi connectivity index (χ4n) is 4.22. The van der Waals surface area contributed by atoms with Crippen molar-refractivity contribution in [3.8, 4) is 5.82 Å². The van der Waals surface area contributed by atoms with Crippen LogP contribution < -0.4 is 10.2 Å². The lowest BCUT2D eigenvalue weighted by molar-refractivity contribution is 0.568. The quantitative estimate of drug-likeness (QED) is 0.498. The van der Waals surface area contributed by atoms with Crippen molar-refractivity contribution in [3.05, 3.63) is 47.7 Å². The molecule has 0 unspecified atom stereocenters. The van der Waals surface area contributed by atoms with Gasteiger partial charge < -0.3 is 14.8 Å². The second-order valence-corrected chi connectivity index (χ2v) is 8.34. The van der Waals surface area contributed by atoms with Gasteiger partial charge in [-0.15, -0.1) is 0 Å². The van der Waals surface area contributed by atoms with Crippen molar-refractivity contribution in [2.75, 3.05) is 23.3 Å². The van der Waals surface area contributed by atoms with Crippen LogP contribution in [0.2, 0.25) is 0 Å². The van der Waals surface area contributed by atoms with E-state index in [0.29, 0.717) is 6.54 Å². The van der Waals surface area contributed by atoms with E-state index in [2.05, 4.69) is 42.8 Å². The highest BCUT2D eigenvalue weighted by molar-refractivity contribution is 5.84. The number of hydrogen-bond donors (Lipinski definition) is 1. The second-order valence-electron chi connectivity index (χ2n) is 8.34. The van der Waals surface area contributed by atoms with Gasteiger partial charge in [-0.05, 0) is 57.7 Å². The molecule has 166 valence electrons. The lowest BCUT2D eigenvalue weighted by Crippen LogP contribution is -2.31. The number of aromatic nitrogens is 7. The molecule has 0 amide bonds. The largest absolute Gasteiger partial charge is 0.364 e. The Kier molecular flexibility index (Phi) is 5.46. The number of nitrogens with zero attached hydrogens (tertiary/aromatic N) is 8. The highest BCUT2D eigenvalue weighted by Gasteiger charge is 2.19. The summed E-state index contributed by atoms with van der Waals surface area (Å²) in [4.78, 5) is 21.2. The molecule has 0 spiro atoms. The molecule has 0 aliphatic carbocycles. The highest BCUT2D eigenvalue weighted by Crippen LogP contribution is 2.25. The van der Waals surface area contributed by atoms with Gasteiger partial charge in [0.15, 0.2) is 22.8 Å². The first kappa shape index (κ1) is 20.4. The molecule has 4 aromatic rings. The van der Waals surface area contributed by atoms with E-state index in [1.165, 1.54) is 19.3 Å². The molecule has 0 bridgehead atoms. The first-order valence-electron chi connectivity index (χ1n) is 11.3. The number of rotatable bonds is 6. The number of nitrogens with one attached hydrogen (secondary N) is 1. The lowest BCUT2D eigenvalue weighted by Gasteiger charge is -2.27. The standard InChI is InChI=1S/C23H29N9/c1-4-30-15-26-20-21(27-23(28-22(20)30)31-10-6-5-7-11-31)25-14-18-8-9-19(24-13-18)32-17(3)12-16(2)29-32/h8-9,12-13,15H,4-7,10-11,14H2,1-3H3,(H,25,27,28). The lowest BCUT2D eigenvalue weighted by atomic mass is 10.1. The van der Waals surface area contributed by atoms with E-state index < -0.39 is 0 Å². The summed E-state index contributed by atoms with van der Waals surface area (Å²) in [5.74, 6) is 2.37. The molecule has 1 N–H and O–H groups in total. The summed E-state index contributed by atoms with van der Waals surface area (Å²) in [6, 6.07) is 6.12. The van der Waals surface area contributed by atoms with Gasteiger partial charge in [0, 0.05) is 38.1 Å². The molecule has 9 heteroatoms. The Morgan fingerprint density at radius 1 is 1.03 bits per heavy atom. The summed E-state index contributed by atoms with van der Waals surface area (Å²) in [5.41, 5.74) is 4.81. The van der Waals surface area contributed by atoms with Crippen molar-refractivity contribution in [1.29, 1.82) is 0 Å². The van der Waals surface area contributed by atoms with Gasteiger partial charge in [-0.25, -0.2) is 14.6 Å². The smallest absolute Gasteiger partial charge is 0.229 e. The van der Waals surface area contributed by atoms with Crippen LogP contribution in [0.15, 0.2) is 30.7 Å². The summed E-state index contributed by atoms with van der Waals surface area (Å²) in [6.45, 7) is 9.56. The van der Waals surface area contributed by atoms with E-state index in [4.69, 9.17) is 9.97 Å². The molecule has 32 heavy (non-hydrogen) atoms. The van der Waals surface area contributed by atoms with Crippen LogP contribution >= 0.6 is 0 Å². The molecular formula is C23H29N9. The monoisotopic (exact) mass is 431 g/mol. The molecule has 0 atom stereocenters. The third-order valence-electron chi connectivity index (χ3n) is 5.93. The Labute approximate surface area is 187 Å². The van der Waals surface area contributed by atoms with Crippen LogP contribution in [-0.2, 0) is 13.1 Å². The minimum atomic E-state index is 0.606. The van der Waals surface area contributed by atoms with Crippen LogP contribution in [0.3, 0.4) is 0 Å². The Bertz CT molecular complexity index is 1220. The zero-order valence-electron chi connectivity index (χ0n) is 18.9. The maximum absolute atomic E-state index is 4.86. The molecule has 1 aliphatic heterocycles. The zero-order chi connectivity index (χ0) is 22.1. The number of piperidine rings is 1. The van der Waals surface area contributed by atoms with Crippen LogP contribution in [0.5, 0.6) is 0 Å². The van der Waals surface area contributed by atoms with Crippen LogP contribution in [-0.4, -0.2) is 47.4 Å². The third-order valence-corrected chi connectivity index (χ3v) is 5.93. The van der Waals surface area contributed by atoms with Gasteiger partial charge in [-0.1, -0.05) is 6.07 Å². The number of pyridine rings is 1. The second kappa shape index (κ2) is 8.57. The summed E-state index contributed by atoms with van der Waals surface area (Å²) < 4.78 is 3.93. The Balaban J connectivity index is 1.39. The Hall–Kier alpha value is -3.49. The molecule has 5 rings (SSSR count). The number of aryl methyl sites for hydroxylation is 3. The van der Waals surface area contributed by atoms with Gasteiger partial charge >= 0.3 is 0 Å². The zero-order valence-corrected chi connectivity index (χ0v) is 18.9. The molecule has 0 aromatic carbocycles. The van der Waals surface area contributed by atoms with Crippen LogP contribution in [0.25, 0.3) is 17.0 Å². The van der Waals surface area contributed by atoms with Gasteiger partial charge in [-0.2, -0.15) is 15.1 Å². The van der Waals surface area contributed by atoms with Crippen LogP contribution in [0, 0.1) is 13.8 Å². The molecule has 1 aliphatic rings. The predicted octanol–water partition coefficient (Wildman–Crippen LogP) is 3.65. The van der Waals surface area contributed by atoms with Crippen molar-refractivity contribution in [2.45, 2.75) is 53.1 Å². The van der Waals surface area contributed by atoms with E-state index in [0.717, 1.165) is 65.3 Å². The van der Waals surface area contributed by atoms with Crippen molar-refractivity contribution in [2.24, 2.45) is 0 Å². The van der Waals surface area contributed by atoms with E-state index in [-0.39, 0.29) is 0 Å². The molecule has 1 fully saturated rings. The molecule has 0 radical (unpaired) electrons. The van der Waals surface area contributed by atoms with Gasteiger partial charge in [-0.3, -0.25) is 0 Å². The first-order valence-corrected chi connectivity index (χ1v) is 11.3. The molecular weight excluding hydrogens is 402 g/mol. The summed E-state index contributed by atoms with van der Waals surface area (Å²) in [5, 5.41) is 7.99. The molecule has 0 saturated carbocycles. The maximum atomic E-state index is 4.86. The first-order chi connectivity index (χ1) is 15.6. The topological polar surface area (TPSA) is 89.6 Å². The minimum Gasteiger partial charge on any atom is -0.364 e. The number of anilines is 2. The van der Waals surface area contributed by atoms with E-state index in [1.54, 1.807) is 0 Å². The summed E-state index contributed by atoms with van der Waals surface area (Å²) in [7, 11) is 0. The van der Waals surface area contributed by atoms with Crippen LogP contribution in [0.4, 0.5) is 11.8 Å². The average Bonchev–Trinajstić information content (AvgIpc) is 3.40. The number of fused-ring (bicyclic) bond motifs is 1. The van der Waals surface area contributed by atoms with E-state index >= 15 is 0 Å². The Morgan fingerprint density at radius 2 is 1.88 bits per heavy atom. The predicted molar refractivity (Wildman–Crippen MR) is 125 cm³/mol. The van der Waals surface area contributed by atoms with Gasteiger partial charge in [0.05, 0.1) is 12.0 Å². The summed E-state index contributed by atoms with van der Waals surface area (Å²) >= 11 is 0. The van der Waals surface area contributed by atoms with Crippen molar-refractivity contribution < 1.29 is 0 Å². The molecule has 1 saturated heterocycles. The fraction of sp³-hybridized carbons (Fsp3) is 0.435. The Morgan fingerprint density at radius 3 is 2.56 bits per heavy atom. The summed E-state index contributed by atoms with van der Waals surface area (Å²) in [6.07, 6.45) is 7.37. The normalized spacial score (nSPS) is 14.3. The third kappa shape index (κ3) is 3.90. The maximum Gasteiger partial charge on any atom is 0.229 e. The average molecular weight is 432 g/mol. The highest BCUT2D eigenvalue weighted by atomic mass is 15.3. The van der Waals surface area contributed by atoms with Gasteiger partial charge in [0.1, 0.15) is 0 Å². The van der Waals surface area contributed by atoms with E-state index in [9.17, 15) is 0 Å². The number of imidazole rings is 1. The molecule has 4 aromatic heterocycles. The van der Waals surface area contributed by atoms with Crippen molar-refractivity contribution in [3.63, 3.8) is 0 Å². The van der Waals surface area contributed by atoms with Gasteiger partial charge in [0.25, 0.3) is 0 Å².